The molecule has 1 aliphatic carbocycles. The number of carbonyl (C=O) groups excluding carboxylic acids is 1. The first-order valence-electron chi connectivity index (χ1n) is 9.81. The molecule has 1 amide bonds. The van der Waals surface area contributed by atoms with Crippen molar-refractivity contribution in [1.29, 1.82) is 0 Å². The topological polar surface area (TPSA) is 57.7 Å². The lowest BCUT2D eigenvalue weighted by atomic mass is 9.88. The maximum Gasteiger partial charge on any atom is 0.255 e. The highest BCUT2D eigenvalue weighted by Crippen LogP contribution is 2.33. The van der Waals surface area contributed by atoms with E-state index in [1.165, 1.54) is 14.7 Å². The third kappa shape index (κ3) is 3.63. The summed E-state index contributed by atoms with van der Waals surface area (Å²) in [4.78, 5) is 16.5. The molecule has 2 aliphatic rings. The summed E-state index contributed by atoms with van der Waals surface area (Å²) >= 11 is 1.70. The van der Waals surface area contributed by atoms with Crippen molar-refractivity contribution in [3.63, 3.8) is 0 Å². The smallest absolute Gasteiger partial charge is 0.255 e. The van der Waals surface area contributed by atoms with Crippen LogP contribution in [0.5, 0.6) is 0 Å². The second-order valence-corrected chi connectivity index (χ2v) is 10.8. The molecule has 2 aromatic rings. The lowest BCUT2D eigenvalue weighted by molar-refractivity contribution is 0.0697. The molecule has 0 spiro atoms. The number of piperazine rings is 1. The Balaban J connectivity index is 1.44. The van der Waals surface area contributed by atoms with Gasteiger partial charge in [-0.05, 0) is 49.8 Å². The Labute approximate surface area is 171 Å². The third-order valence-electron chi connectivity index (χ3n) is 5.82. The average Bonchev–Trinajstić information content (AvgIpc) is 3.11. The number of thiophene rings is 1. The number of amides is 1. The van der Waals surface area contributed by atoms with Crippen LogP contribution in [0.3, 0.4) is 0 Å². The molecule has 1 atom stereocenters. The highest BCUT2D eigenvalue weighted by Gasteiger charge is 2.32. The number of fused-ring (bicyclic) bond motifs is 1. The average molecular weight is 419 g/mol. The fourth-order valence-corrected chi connectivity index (χ4v) is 6.68. The monoisotopic (exact) mass is 418 g/mol. The van der Waals surface area contributed by atoms with E-state index in [9.17, 15) is 13.2 Å². The minimum absolute atomic E-state index is 0.0550. The van der Waals surface area contributed by atoms with Gasteiger partial charge in [0.15, 0.2) is 0 Å². The van der Waals surface area contributed by atoms with E-state index in [2.05, 4.69) is 6.92 Å². The summed E-state index contributed by atoms with van der Waals surface area (Å²) in [5.74, 6) is 0.740. The van der Waals surface area contributed by atoms with Crippen LogP contribution in [0.1, 0.15) is 39.7 Å². The molecule has 4 rings (SSSR count). The third-order valence-corrected chi connectivity index (χ3v) is 8.78. The van der Waals surface area contributed by atoms with Crippen molar-refractivity contribution in [2.24, 2.45) is 5.92 Å². The minimum Gasteiger partial charge on any atom is -0.336 e. The molecule has 7 heteroatoms. The van der Waals surface area contributed by atoms with E-state index < -0.39 is 10.0 Å². The molecule has 1 aromatic carbocycles. The van der Waals surface area contributed by atoms with Crippen molar-refractivity contribution in [3.05, 3.63) is 51.2 Å². The van der Waals surface area contributed by atoms with Gasteiger partial charge in [-0.1, -0.05) is 24.6 Å². The predicted molar refractivity (Wildman–Crippen MR) is 111 cm³/mol. The van der Waals surface area contributed by atoms with Crippen LogP contribution in [0.4, 0.5) is 0 Å². The van der Waals surface area contributed by atoms with Crippen LogP contribution in [0, 0.1) is 12.8 Å². The van der Waals surface area contributed by atoms with Gasteiger partial charge in [0.05, 0.1) is 10.5 Å². The SMILES string of the molecule is Cc1ccc(S(=O)(=O)N2CCN(C(=O)c3csc4c3CCC(C)C4)CC2)cc1. The first kappa shape index (κ1) is 19.6. The summed E-state index contributed by atoms with van der Waals surface area (Å²) in [6.07, 6.45) is 3.17. The molecule has 1 saturated heterocycles. The van der Waals surface area contributed by atoms with Gasteiger partial charge < -0.3 is 4.90 Å². The quantitative estimate of drug-likeness (QED) is 0.768. The molecule has 1 fully saturated rings. The van der Waals surface area contributed by atoms with Gasteiger partial charge >= 0.3 is 0 Å². The maximum absolute atomic E-state index is 13.0. The zero-order valence-corrected chi connectivity index (χ0v) is 18.0. The first-order chi connectivity index (χ1) is 13.4. The van der Waals surface area contributed by atoms with Crippen molar-refractivity contribution in [1.82, 2.24) is 9.21 Å². The largest absolute Gasteiger partial charge is 0.336 e. The van der Waals surface area contributed by atoms with Gasteiger partial charge in [0, 0.05) is 36.4 Å². The molecule has 1 aromatic heterocycles. The Morgan fingerprint density at radius 3 is 2.46 bits per heavy atom. The van der Waals surface area contributed by atoms with Crippen molar-refractivity contribution < 1.29 is 13.2 Å². The van der Waals surface area contributed by atoms with Crippen molar-refractivity contribution in [2.45, 2.75) is 38.0 Å². The Hall–Kier alpha value is -1.70. The van der Waals surface area contributed by atoms with E-state index in [-0.39, 0.29) is 5.91 Å². The summed E-state index contributed by atoms with van der Waals surface area (Å²) in [6, 6.07) is 6.93. The fraction of sp³-hybridized carbons (Fsp3) is 0.476. The van der Waals surface area contributed by atoms with Crippen LogP contribution < -0.4 is 0 Å². The summed E-state index contributed by atoms with van der Waals surface area (Å²) in [6.45, 7) is 5.75. The van der Waals surface area contributed by atoms with Crippen LogP contribution in [-0.2, 0) is 22.9 Å². The fourth-order valence-electron chi connectivity index (χ4n) is 4.02. The maximum atomic E-state index is 13.0. The summed E-state index contributed by atoms with van der Waals surface area (Å²) in [5, 5.41) is 2.00. The van der Waals surface area contributed by atoms with E-state index in [1.54, 1.807) is 23.5 Å². The van der Waals surface area contributed by atoms with E-state index in [4.69, 9.17) is 0 Å². The van der Waals surface area contributed by atoms with E-state index in [0.29, 0.717) is 37.0 Å². The standard InChI is InChI=1S/C21H26N2O3S2/c1-15-3-6-17(7-4-15)28(25,26)23-11-9-22(10-12-23)21(24)19-14-27-20-13-16(2)5-8-18(19)20/h3-4,6-7,14,16H,5,8-13H2,1-2H3. The number of hydrogen-bond donors (Lipinski definition) is 0. The van der Waals surface area contributed by atoms with E-state index in [0.717, 1.165) is 30.4 Å². The number of nitrogens with zero attached hydrogens (tertiary/aromatic N) is 2. The molecule has 0 radical (unpaired) electrons. The highest BCUT2D eigenvalue weighted by molar-refractivity contribution is 7.89. The van der Waals surface area contributed by atoms with E-state index >= 15 is 0 Å². The van der Waals surface area contributed by atoms with Crippen molar-refractivity contribution >= 4 is 27.3 Å². The zero-order valence-electron chi connectivity index (χ0n) is 16.3. The molecule has 2 heterocycles. The Bertz CT molecular complexity index is 972. The zero-order chi connectivity index (χ0) is 19.9. The number of benzene rings is 1. The van der Waals surface area contributed by atoms with Crippen LogP contribution >= 0.6 is 11.3 Å². The number of carbonyl (C=O) groups is 1. The van der Waals surface area contributed by atoms with Gasteiger partial charge in [-0.2, -0.15) is 4.31 Å². The molecule has 28 heavy (non-hydrogen) atoms. The van der Waals surface area contributed by atoms with Gasteiger partial charge in [-0.3, -0.25) is 4.79 Å². The van der Waals surface area contributed by atoms with Gasteiger partial charge in [-0.15, -0.1) is 11.3 Å². The Kier molecular flexibility index (Phi) is 5.33. The second-order valence-electron chi connectivity index (χ2n) is 7.91. The number of hydrogen-bond acceptors (Lipinski definition) is 4. The number of aryl methyl sites for hydroxylation is 1. The predicted octanol–water partition coefficient (Wildman–Crippen LogP) is 3.33. The first-order valence-corrected chi connectivity index (χ1v) is 12.1. The molecule has 150 valence electrons. The minimum atomic E-state index is -3.50. The van der Waals surface area contributed by atoms with Gasteiger partial charge in [0.25, 0.3) is 5.91 Å². The molecular weight excluding hydrogens is 392 g/mol. The van der Waals surface area contributed by atoms with Crippen molar-refractivity contribution in [2.75, 3.05) is 26.2 Å². The van der Waals surface area contributed by atoms with Gasteiger partial charge in [0.1, 0.15) is 0 Å². The summed E-state index contributed by atoms with van der Waals surface area (Å²) in [5.41, 5.74) is 3.09. The Morgan fingerprint density at radius 1 is 1.11 bits per heavy atom. The normalized spacial score (nSPS) is 20.8. The molecular formula is C21H26N2O3S2. The number of rotatable bonds is 3. The highest BCUT2D eigenvalue weighted by atomic mass is 32.2. The molecule has 0 bridgehead atoms. The van der Waals surface area contributed by atoms with Gasteiger partial charge in [-0.25, -0.2) is 8.42 Å². The van der Waals surface area contributed by atoms with Crippen LogP contribution in [0.25, 0.3) is 0 Å². The van der Waals surface area contributed by atoms with Crippen LogP contribution in [0.15, 0.2) is 34.5 Å². The lowest BCUT2D eigenvalue weighted by Gasteiger charge is -2.34. The van der Waals surface area contributed by atoms with Crippen LogP contribution in [0.2, 0.25) is 0 Å². The molecule has 1 unspecified atom stereocenters. The molecule has 0 saturated carbocycles. The molecule has 0 N–H and O–H groups in total. The van der Waals surface area contributed by atoms with Gasteiger partial charge in [0.2, 0.25) is 10.0 Å². The van der Waals surface area contributed by atoms with Crippen molar-refractivity contribution in [3.8, 4) is 0 Å². The Morgan fingerprint density at radius 2 is 1.79 bits per heavy atom. The summed E-state index contributed by atoms with van der Waals surface area (Å²) < 4.78 is 27.2. The molecule has 5 nitrogen and oxygen atoms in total. The lowest BCUT2D eigenvalue weighted by Crippen LogP contribution is -2.50. The second kappa shape index (κ2) is 7.61. The van der Waals surface area contributed by atoms with Crippen LogP contribution in [-0.4, -0.2) is 49.7 Å². The number of sulfonamides is 1. The van der Waals surface area contributed by atoms with E-state index in [1.807, 2.05) is 29.3 Å². The summed E-state index contributed by atoms with van der Waals surface area (Å²) in [7, 11) is -3.50. The molecule has 1 aliphatic heterocycles.